The van der Waals surface area contributed by atoms with Gasteiger partial charge in [-0.25, -0.2) is 9.59 Å². The summed E-state index contributed by atoms with van der Waals surface area (Å²) in [5, 5.41) is 14.3. The molecule has 3 N–H and O–H groups in total. The highest BCUT2D eigenvalue weighted by Gasteiger charge is 2.29. The lowest BCUT2D eigenvalue weighted by molar-refractivity contribution is -0.141. The van der Waals surface area contributed by atoms with Crippen molar-refractivity contribution in [3.05, 3.63) is 59.7 Å². The molecule has 1 unspecified atom stereocenters. The van der Waals surface area contributed by atoms with Gasteiger partial charge in [-0.3, -0.25) is 4.79 Å². The van der Waals surface area contributed by atoms with Gasteiger partial charge in [-0.1, -0.05) is 62.4 Å². The van der Waals surface area contributed by atoms with Gasteiger partial charge in [0.05, 0.1) is 0 Å². The lowest BCUT2D eigenvalue weighted by atomic mass is 9.98. The van der Waals surface area contributed by atoms with E-state index in [1.54, 1.807) is 6.92 Å². The summed E-state index contributed by atoms with van der Waals surface area (Å²) in [4.78, 5) is 35.2. The van der Waals surface area contributed by atoms with Crippen molar-refractivity contribution in [2.24, 2.45) is 5.92 Å². The Morgan fingerprint density at radius 2 is 1.61 bits per heavy atom. The van der Waals surface area contributed by atoms with Crippen LogP contribution in [0.1, 0.15) is 56.6 Å². The normalized spacial score (nSPS) is 14.0. The molecule has 0 saturated heterocycles. The molecule has 3 rings (SSSR count). The van der Waals surface area contributed by atoms with Gasteiger partial charge < -0.3 is 20.5 Å². The number of nitrogens with one attached hydrogen (secondary N) is 2. The van der Waals surface area contributed by atoms with Crippen molar-refractivity contribution in [2.75, 3.05) is 13.2 Å². The number of ether oxygens (including phenoxy) is 1. The van der Waals surface area contributed by atoms with Crippen molar-refractivity contribution in [1.29, 1.82) is 0 Å². The minimum absolute atomic E-state index is 0.0262. The Labute approximate surface area is 194 Å². The van der Waals surface area contributed by atoms with Gasteiger partial charge >= 0.3 is 12.1 Å². The highest BCUT2D eigenvalue weighted by Crippen LogP contribution is 2.44. The molecule has 2 amide bonds. The molecule has 1 aliphatic rings. The highest BCUT2D eigenvalue weighted by atomic mass is 16.5. The zero-order valence-corrected chi connectivity index (χ0v) is 19.2. The lowest BCUT2D eigenvalue weighted by Crippen LogP contribution is -2.40. The molecule has 0 fully saturated rings. The van der Waals surface area contributed by atoms with Crippen LogP contribution in [0, 0.1) is 5.92 Å². The molecule has 0 radical (unpaired) electrons. The molecule has 2 aromatic carbocycles. The number of carboxylic acids is 1. The molecule has 0 aliphatic heterocycles. The van der Waals surface area contributed by atoms with E-state index in [4.69, 9.17) is 9.84 Å². The minimum atomic E-state index is -1.02. The van der Waals surface area contributed by atoms with Crippen molar-refractivity contribution in [3.8, 4) is 11.1 Å². The summed E-state index contributed by atoms with van der Waals surface area (Å²) < 4.78 is 5.53. The fourth-order valence-corrected chi connectivity index (χ4v) is 4.20. The van der Waals surface area contributed by atoms with Crippen LogP contribution in [0.5, 0.6) is 0 Å². The van der Waals surface area contributed by atoms with E-state index in [0.717, 1.165) is 0 Å². The number of carbonyl (C=O) groups excluding carboxylic acids is 2. The fourth-order valence-electron chi connectivity index (χ4n) is 4.20. The molecule has 1 aliphatic carbocycles. The first-order valence-electron chi connectivity index (χ1n) is 11.5. The third-order valence-electron chi connectivity index (χ3n) is 6.16. The topological polar surface area (TPSA) is 105 Å². The van der Waals surface area contributed by atoms with E-state index >= 15 is 0 Å². The van der Waals surface area contributed by atoms with E-state index < -0.39 is 18.1 Å². The Balaban J connectivity index is 1.38. The van der Waals surface area contributed by atoms with Gasteiger partial charge in [0, 0.05) is 18.9 Å². The molecule has 0 aromatic heterocycles. The van der Waals surface area contributed by atoms with E-state index in [2.05, 4.69) is 34.9 Å². The molecular formula is C26H32N2O5. The zero-order chi connectivity index (χ0) is 23.8. The van der Waals surface area contributed by atoms with Crippen LogP contribution in [-0.4, -0.2) is 42.3 Å². The summed E-state index contributed by atoms with van der Waals surface area (Å²) in [6, 6.07) is 15.6. The number of fused-ring (bicyclic) bond motifs is 3. The van der Waals surface area contributed by atoms with E-state index in [1.807, 2.05) is 31.2 Å². The van der Waals surface area contributed by atoms with Gasteiger partial charge in [-0.15, -0.1) is 0 Å². The van der Waals surface area contributed by atoms with Gasteiger partial charge in [0.1, 0.15) is 12.6 Å². The Kier molecular flexibility index (Phi) is 8.46. The maximum atomic E-state index is 12.2. The second kappa shape index (κ2) is 11.5. The first kappa shape index (κ1) is 24.3. The zero-order valence-electron chi connectivity index (χ0n) is 19.2. The summed E-state index contributed by atoms with van der Waals surface area (Å²) in [5.74, 6) is -1.06. The van der Waals surface area contributed by atoms with Gasteiger partial charge in [0.25, 0.3) is 0 Å². The maximum absolute atomic E-state index is 12.2. The summed E-state index contributed by atoms with van der Waals surface area (Å²) in [6.07, 6.45) is 1.48. The predicted molar refractivity (Wildman–Crippen MR) is 126 cm³/mol. The summed E-state index contributed by atoms with van der Waals surface area (Å²) in [5.41, 5.74) is 4.72. The highest BCUT2D eigenvalue weighted by molar-refractivity contribution is 5.83. The third-order valence-corrected chi connectivity index (χ3v) is 6.16. The molecule has 176 valence electrons. The molecule has 0 bridgehead atoms. The molecular weight excluding hydrogens is 420 g/mol. The van der Waals surface area contributed by atoms with Crippen molar-refractivity contribution in [3.63, 3.8) is 0 Å². The molecule has 0 spiro atoms. The van der Waals surface area contributed by atoms with Gasteiger partial charge in [-0.2, -0.15) is 0 Å². The average molecular weight is 453 g/mol. The van der Waals surface area contributed by atoms with Crippen LogP contribution < -0.4 is 10.6 Å². The minimum Gasteiger partial charge on any atom is -0.480 e. The van der Waals surface area contributed by atoms with Crippen molar-refractivity contribution in [1.82, 2.24) is 10.6 Å². The Morgan fingerprint density at radius 1 is 1.00 bits per heavy atom. The number of amides is 2. The van der Waals surface area contributed by atoms with Crippen LogP contribution in [-0.2, 0) is 14.3 Å². The van der Waals surface area contributed by atoms with Crippen molar-refractivity contribution >= 4 is 18.0 Å². The number of hydrogen-bond acceptors (Lipinski definition) is 4. The quantitative estimate of drug-likeness (QED) is 0.471. The number of aliphatic carboxylic acids is 1. The molecule has 0 saturated carbocycles. The van der Waals surface area contributed by atoms with Crippen LogP contribution in [0.25, 0.3) is 11.1 Å². The molecule has 7 nitrogen and oxygen atoms in total. The second-order valence-corrected chi connectivity index (χ2v) is 8.55. The molecule has 2 atom stereocenters. The van der Waals surface area contributed by atoms with Crippen LogP contribution in [0.4, 0.5) is 4.79 Å². The summed E-state index contributed by atoms with van der Waals surface area (Å²) in [6.45, 7) is 4.45. The summed E-state index contributed by atoms with van der Waals surface area (Å²) >= 11 is 0. The molecule has 2 aromatic rings. The Hall–Kier alpha value is -3.35. The predicted octanol–water partition coefficient (Wildman–Crippen LogP) is 4.31. The van der Waals surface area contributed by atoms with Crippen LogP contribution in [0.15, 0.2) is 48.5 Å². The fraction of sp³-hybridized carbons (Fsp3) is 0.423. The monoisotopic (exact) mass is 452 g/mol. The number of carboxylic acid groups (broad SMARTS) is 1. The number of carbonyl (C=O) groups is 3. The maximum Gasteiger partial charge on any atom is 0.407 e. The van der Waals surface area contributed by atoms with E-state index in [0.29, 0.717) is 25.8 Å². The van der Waals surface area contributed by atoms with Crippen LogP contribution >= 0.6 is 0 Å². The van der Waals surface area contributed by atoms with Crippen LogP contribution in [0.2, 0.25) is 0 Å². The third kappa shape index (κ3) is 6.34. The number of rotatable bonds is 11. The van der Waals surface area contributed by atoms with Gasteiger partial charge in [0.15, 0.2) is 0 Å². The smallest absolute Gasteiger partial charge is 0.407 e. The lowest BCUT2D eigenvalue weighted by Gasteiger charge is -2.16. The summed E-state index contributed by atoms with van der Waals surface area (Å²) in [7, 11) is 0. The van der Waals surface area contributed by atoms with Crippen molar-refractivity contribution < 1.29 is 24.2 Å². The Bertz CT molecular complexity index is 945. The first-order chi connectivity index (χ1) is 15.9. The Morgan fingerprint density at radius 3 is 2.18 bits per heavy atom. The molecule has 33 heavy (non-hydrogen) atoms. The van der Waals surface area contributed by atoms with Gasteiger partial charge in [-0.05, 0) is 47.4 Å². The number of hydrogen-bond donors (Lipinski definition) is 3. The first-order valence-corrected chi connectivity index (χ1v) is 11.5. The van der Waals surface area contributed by atoms with E-state index in [1.165, 1.54) is 22.3 Å². The van der Waals surface area contributed by atoms with E-state index in [9.17, 15) is 14.4 Å². The second-order valence-electron chi connectivity index (χ2n) is 8.55. The number of benzene rings is 2. The van der Waals surface area contributed by atoms with Crippen LogP contribution in [0.3, 0.4) is 0 Å². The standard InChI is InChI=1S/C26H32N2O5/c1-3-23(25(30)31)28-24(29)13-12-17(2)14-15-27-26(32)33-16-22-20-10-6-4-8-18(20)19-9-5-7-11-21(19)22/h4-11,17,22-23H,3,12-16H2,1-2H3,(H,27,32)(H,28,29)(H,30,31)/t17?,23-/m1/s1. The van der Waals surface area contributed by atoms with Gasteiger partial charge in [0.2, 0.25) is 5.91 Å². The number of alkyl carbamates (subject to hydrolysis) is 1. The molecule has 0 heterocycles. The SMILES string of the molecule is CC[C@@H](NC(=O)CCC(C)CCNC(=O)OCC1c2ccccc2-c2ccccc21)C(=O)O. The van der Waals surface area contributed by atoms with E-state index in [-0.39, 0.29) is 30.8 Å². The average Bonchev–Trinajstić information content (AvgIpc) is 3.13. The van der Waals surface area contributed by atoms with Crippen molar-refractivity contribution in [2.45, 2.75) is 51.5 Å². The molecule has 7 heteroatoms. The largest absolute Gasteiger partial charge is 0.480 e.